The number of nitrogens with zero attached hydrogens (tertiary/aromatic N) is 2. The summed E-state index contributed by atoms with van der Waals surface area (Å²) in [5.74, 6) is -0.206. The summed E-state index contributed by atoms with van der Waals surface area (Å²) in [5, 5.41) is 16.2. The van der Waals surface area contributed by atoms with Gasteiger partial charge in [-0.1, -0.05) is 76.6 Å². The molecule has 4 aromatic rings. The summed E-state index contributed by atoms with van der Waals surface area (Å²) in [6.07, 6.45) is 1.15. The first-order valence-electron chi connectivity index (χ1n) is 11.5. The molecule has 3 aromatic carbocycles. The van der Waals surface area contributed by atoms with E-state index in [0.717, 1.165) is 38.0 Å². The van der Waals surface area contributed by atoms with E-state index in [4.69, 9.17) is 4.98 Å². The van der Waals surface area contributed by atoms with Crippen molar-refractivity contribution < 1.29 is 4.79 Å². The largest absolute Gasteiger partial charge is 0.301 e. The van der Waals surface area contributed by atoms with E-state index in [0.29, 0.717) is 18.0 Å². The molecule has 6 heteroatoms. The van der Waals surface area contributed by atoms with Crippen molar-refractivity contribution in [1.82, 2.24) is 4.98 Å². The molecule has 0 fully saturated rings. The first-order chi connectivity index (χ1) is 16.9. The first kappa shape index (κ1) is 22.2. The standard InChI is InChI=1S/C29H22BrN3OS/c1-28(26(34)33-27-32-20(15-35-27)14-18-10-12-19(30)13-11-18)16-29(17-31)23-8-4-2-6-21(23)25(28)22-7-3-5-9-24(22)29/h2-13,15,25H,14,16H2,1H3,(H,32,33,34). The van der Waals surface area contributed by atoms with Gasteiger partial charge < -0.3 is 5.32 Å². The number of nitriles is 1. The summed E-state index contributed by atoms with van der Waals surface area (Å²) >= 11 is 4.91. The SMILES string of the molecule is CC1(C(=O)Nc2nc(Cc3ccc(Br)cc3)cs2)CC2(C#N)c3ccccc3C1c1ccccc12. The fraction of sp³-hybridized carbons (Fsp3) is 0.207. The van der Waals surface area contributed by atoms with Crippen molar-refractivity contribution in [2.75, 3.05) is 5.32 Å². The fourth-order valence-corrected chi connectivity index (χ4v) is 6.96. The predicted octanol–water partition coefficient (Wildman–Crippen LogP) is 6.80. The van der Waals surface area contributed by atoms with Gasteiger partial charge in [-0.15, -0.1) is 11.3 Å². The van der Waals surface area contributed by atoms with Gasteiger partial charge in [-0.2, -0.15) is 5.26 Å². The molecule has 2 bridgehead atoms. The summed E-state index contributed by atoms with van der Waals surface area (Å²) in [6, 6.07) is 27.0. The molecular weight excluding hydrogens is 518 g/mol. The smallest absolute Gasteiger partial charge is 0.233 e. The highest BCUT2D eigenvalue weighted by atomic mass is 79.9. The molecule has 1 atom stereocenters. The second kappa shape index (κ2) is 8.15. The lowest BCUT2D eigenvalue weighted by Crippen LogP contribution is -2.53. The molecule has 0 aliphatic heterocycles. The summed E-state index contributed by atoms with van der Waals surface area (Å²) in [5.41, 5.74) is 4.67. The normalized spacial score (nSPS) is 23.7. The van der Waals surface area contributed by atoms with Crippen molar-refractivity contribution in [2.24, 2.45) is 5.41 Å². The number of anilines is 1. The molecule has 1 aromatic heterocycles. The van der Waals surface area contributed by atoms with Crippen LogP contribution in [0.25, 0.3) is 0 Å². The Labute approximate surface area is 216 Å². The second-order valence-corrected chi connectivity index (χ2v) is 11.4. The van der Waals surface area contributed by atoms with E-state index >= 15 is 0 Å². The molecule has 1 heterocycles. The Balaban J connectivity index is 1.34. The lowest BCUT2D eigenvalue weighted by atomic mass is 9.47. The van der Waals surface area contributed by atoms with E-state index in [1.807, 2.05) is 60.8 Å². The molecule has 1 unspecified atom stereocenters. The number of fused-ring (bicyclic) bond motifs is 1. The van der Waals surface area contributed by atoms with Crippen molar-refractivity contribution in [2.45, 2.75) is 31.1 Å². The Morgan fingerprint density at radius 1 is 1.09 bits per heavy atom. The number of aromatic nitrogens is 1. The van der Waals surface area contributed by atoms with Gasteiger partial charge in [0.15, 0.2) is 5.13 Å². The topological polar surface area (TPSA) is 65.8 Å². The lowest BCUT2D eigenvalue weighted by Gasteiger charge is -2.54. The van der Waals surface area contributed by atoms with E-state index < -0.39 is 10.8 Å². The van der Waals surface area contributed by atoms with Crippen LogP contribution < -0.4 is 5.32 Å². The third-order valence-corrected chi connectivity index (χ3v) is 8.85. The van der Waals surface area contributed by atoms with Gasteiger partial charge in [0.1, 0.15) is 5.41 Å². The predicted molar refractivity (Wildman–Crippen MR) is 142 cm³/mol. The number of benzene rings is 3. The average Bonchev–Trinajstić information content (AvgIpc) is 3.32. The Kier molecular flexibility index (Phi) is 5.17. The van der Waals surface area contributed by atoms with Crippen LogP contribution in [0.1, 0.15) is 52.8 Å². The number of hydrogen-bond donors (Lipinski definition) is 1. The fourth-order valence-electron chi connectivity index (χ4n) is 5.99. The Hall–Kier alpha value is -3.27. The number of nitrogens with one attached hydrogen (secondary N) is 1. The van der Waals surface area contributed by atoms with Crippen LogP contribution in [0.3, 0.4) is 0 Å². The molecule has 0 radical (unpaired) electrons. The van der Waals surface area contributed by atoms with Crippen LogP contribution in [0.15, 0.2) is 82.6 Å². The number of amides is 1. The van der Waals surface area contributed by atoms with Crippen molar-refractivity contribution in [3.63, 3.8) is 0 Å². The number of carbonyl (C=O) groups is 1. The highest BCUT2D eigenvalue weighted by Gasteiger charge is 2.61. The molecule has 1 N–H and O–H groups in total. The summed E-state index contributed by atoms with van der Waals surface area (Å²) < 4.78 is 1.04. The monoisotopic (exact) mass is 539 g/mol. The van der Waals surface area contributed by atoms with Gasteiger partial charge in [-0.3, -0.25) is 4.79 Å². The summed E-state index contributed by atoms with van der Waals surface area (Å²) in [7, 11) is 0. The Morgan fingerprint density at radius 2 is 1.71 bits per heavy atom. The highest BCUT2D eigenvalue weighted by Crippen LogP contribution is 2.63. The molecule has 0 saturated heterocycles. The summed E-state index contributed by atoms with van der Waals surface area (Å²) in [6.45, 7) is 2.00. The van der Waals surface area contributed by atoms with Gasteiger partial charge in [0.05, 0.1) is 17.2 Å². The second-order valence-electron chi connectivity index (χ2n) is 9.62. The molecule has 172 valence electrons. The van der Waals surface area contributed by atoms with Crippen LogP contribution in [0.4, 0.5) is 5.13 Å². The molecule has 4 nitrogen and oxygen atoms in total. The van der Waals surface area contributed by atoms with Crippen LogP contribution in [0.2, 0.25) is 0 Å². The van der Waals surface area contributed by atoms with Gasteiger partial charge in [-0.05, 0) is 53.3 Å². The maximum atomic E-state index is 13.9. The number of rotatable bonds is 4. The molecule has 0 spiro atoms. The van der Waals surface area contributed by atoms with E-state index in [-0.39, 0.29) is 11.8 Å². The molecule has 35 heavy (non-hydrogen) atoms. The van der Waals surface area contributed by atoms with Gasteiger partial charge >= 0.3 is 0 Å². The van der Waals surface area contributed by atoms with Crippen LogP contribution in [0.5, 0.6) is 0 Å². The van der Waals surface area contributed by atoms with Crippen LogP contribution in [-0.2, 0) is 16.6 Å². The maximum absolute atomic E-state index is 13.9. The lowest BCUT2D eigenvalue weighted by molar-refractivity contribution is -0.127. The van der Waals surface area contributed by atoms with Gasteiger partial charge in [0, 0.05) is 22.2 Å². The molecule has 0 saturated carbocycles. The molecule has 3 aliphatic rings. The molecule has 7 rings (SSSR count). The molecular formula is C29H22BrN3OS. The number of carbonyl (C=O) groups excluding carboxylic acids is 1. The minimum atomic E-state index is -0.844. The summed E-state index contributed by atoms with van der Waals surface area (Å²) in [4.78, 5) is 18.6. The third-order valence-electron chi connectivity index (χ3n) is 7.51. The van der Waals surface area contributed by atoms with Gasteiger partial charge in [0.25, 0.3) is 0 Å². The Morgan fingerprint density at radius 3 is 2.34 bits per heavy atom. The third kappa shape index (κ3) is 3.37. The zero-order chi connectivity index (χ0) is 24.2. The maximum Gasteiger partial charge on any atom is 0.233 e. The van der Waals surface area contributed by atoms with Crippen LogP contribution in [0, 0.1) is 16.7 Å². The van der Waals surface area contributed by atoms with E-state index in [1.54, 1.807) is 0 Å². The van der Waals surface area contributed by atoms with Crippen molar-refractivity contribution >= 4 is 38.3 Å². The van der Waals surface area contributed by atoms with Crippen LogP contribution in [-0.4, -0.2) is 10.9 Å². The van der Waals surface area contributed by atoms with Crippen molar-refractivity contribution in [1.29, 1.82) is 5.26 Å². The number of hydrogen-bond acceptors (Lipinski definition) is 4. The quantitative estimate of drug-likeness (QED) is 0.310. The Bertz CT molecular complexity index is 1460. The zero-order valence-corrected chi connectivity index (χ0v) is 21.5. The molecule has 3 aliphatic carbocycles. The first-order valence-corrected chi connectivity index (χ1v) is 13.2. The van der Waals surface area contributed by atoms with Crippen LogP contribution >= 0.6 is 27.3 Å². The van der Waals surface area contributed by atoms with Crippen molar-refractivity contribution in [3.05, 3.63) is 116 Å². The molecule has 1 amide bonds. The van der Waals surface area contributed by atoms with Crippen molar-refractivity contribution in [3.8, 4) is 6.07 Å². The number of thiazole rings is 1. The van der Waals surface area contributed by atoms with Gasteiger partial charge in [0.2, 0.25) is 5.91 Å². The van der Waals surface area contributed by atoms with E-state index in [1.165, 1.54) is 11.3 Å². The van der Waals surface area contributed by atoms with E-state index in [2.05, 4.69) is 51.6 Å². The van der Waals surface area contributed by atoms with E-state index in [9.17, 15) is 10.1 Å². The highest BCUT2D eigenvalue weighted by molar-refractivity contribution is 9.10. The minimum absolute atomic E-state index is 0.0873. The average molecular weight is 540 g/mol. The zero-order valence-electron chi connectivity index (χ0n) is 19.1. The van der Waals surface area contributed by atoms with Gasteiger partial charge in [-0.25, -0.2) is 4.98 Å². The minimum Gasteiger partial charge on any atom is -0.301 e. The number of halogens is 1.